The van der Waals surface area contributed by atoms with E-state index < -0.39 is 0 Å². The molecule has 15 rings (SSSR count). The van der Waals surface area contributed by atoms with Crippen LogP contribution in [0.15, 0.2) is 152 Å². The van der Waals surface area contributed by atoms with Crippen molar-refractivity contribution in [2.45, 2.75) is 115 Å². The minimum absolute atomic E-state index is 0.00173. The Morgan fingerprint density at radius 1 is 0.521 bits per heavy atom. The van der Waals surface area contributed by atoms with Crippen LogP contribution in [0.4, 0.5) is 45.5 Å². The molecule has 0 spiro atoms. The number of fused-ring (bicyclic) bond motifs is 15. The summed E-state index contributed by atoms with van der Waals surface area (Å²) in [7, 11) is 0. The van der Waals surface area contributed by atoms with E-state index in [1.54, 1.807) is 0 Å². The molecule has 8 aromatic carbocycles. The highest BCUT2D eigenvalue weighted by molar-refractivity contribution is 7.26. The zero-order chi connectivity index (χ0) is 48.3. The zero-order valence-corrected chi connectivity index (χ0v) is 43.4. The fraction of sp³-hybridized carbons (Fsp3) is 0.273. The van der Waals surface area contributed by atoms with E-state index in [0.717, 1.165) is 6.42 Å². The van der Waals surface area contributed by atoms with E-state index in [1.807, 2.05) is 11.3 Å². The number of rotatable bonds is 2. The van der Waals surface area contributed by atoms with Crippen molar-refractivity contribution in [3.05, 3.63) is 185 Å². The molecular weight excluding hydrogens is 878 g/mol. The van der Waals surface area contributed by atoms with Crippen molar-refractivity contribution in [3.63, 3.8) is 0 Å². The molecule has 0 bridgehead atoms. The van der Waals surface area contributed by atoms with Gasteiger partial charge in [0.25, 0.3) is 6.71 Å². The van der Waals surface area contributed by atoms with Gasteiger partial charge in [0.15, 0.2) is 0 Å². The minimum atomic E-state index is -0.356. The lowest BCUT2D eigenvalue weighted by Crippen LogP contribution is -2.63. The van der Waals surface area contributed by atoms with Gasteiger partial charge in [-0.25, -0.2) is 0 Å². The molecule has 0 amide bonds. The van der Waals surface area contributed by atoms with Crippen LogP contribution < -0.4 is 31.1 Å². The van der Waals surface area contributed by atoms with Gasteiger partial charge in [-0.1, -0.05) is 164 Å². The highest BCUT2D eigenvalue weighted by Crippen LogP contribution is 2.66. The van der Waals surface area contributed by atoms with Crippen molar-refractivity contribution in [1.29, 1.82) is 0 Å². The fourth-order valence-electron chi connectivity index (χ4n) is 15.4. The maximum absolute atomic E-state index is 2.83. The van der Waals surface area contributed by atoms with E-state index in [1.165, 1.54) is 146 Å². The maximum atomic E-state index is 2.83. The third-order valence-corrected chi connectivity index (χ3v) is 20.0. The highest BCUT2D eigenvalue weighted by Gasteiger charge is 2.59. The van der Waals surface area contributed by atoms with Crippen LogP contribution in [0.1, 0.15) is 121 Å². The number of hydrogen-bond acceptors (Lipinski definition) is 4. The molecular formula is C66H60BN3S. The lowest BCUT2D eigenvalue weighted by Gasteiger charge is -2.52. The molecule has 0 saturated heterocycles. The lowest BCUT2D eigenvalue weighted by atomic mass is 9.32. The zero-order valence-electron chi connectivity index (χ0n) is 42.6. The van der Waals surface area contributed by atoms with Crippen molar-refractivity contribution in [1.82, 2.24) is 0 Å². The Morgan fingerprint density at radius 2 is 1.18 bits per heavy atom. The van der Waals surface area contributed by atoms with Gasteiger partial charge in [-0.2, -0.15) is 0 Å². The molecule has 1 aromatic heterocycles. The Kier molecular flexibility index (Phi) is 8.13. The number of anilines is 8. The van der Waals surface area contributed by atoms with E-state index in [4.69, 9.17) is 0 Å². The van der Waals surface area contributed by atoms with Crippen LogP contribution in [-0.2, 0) is 21.7 Å². The second kappa shape index (κ2) is 13.7. The molecule has 1 saturated carbocycles. The van der Waals surface area contributed by atoms with Crippen LogP contribution in [0, 0.1) is 0 Å². The third kappa shape index (κ3) is 5.11. The summed E-state index contributed by atoms with van der Waals surface area (Å²) in [5.74, 6) is 0. The van der Waals surface area contributed by atoms with E-state index in [-0.39, 0.29) is 33.9 Å². The normalized spacial score (nSPS) is 22.0. The molecule has 1 fully saturated rings. The number of nitrogens with zero attached hydrogens (tertiary/aromatic N) is 3. The molecule has 9 aromatic rings. The average Bonchev–Trinajstić information content (AvgIpc) is 3.95. The third-order valence-electron chi connectivity index (χ3n) is 18.8. The van der Waals surface area contributed by atoms with E-state index in [2.05, 4.69) is 229 Å². The van der Waals surface area contributed by atoms with Crippen molar-refractivity contribution >= 4 is 100 Å². The quantitative estimate of drug-likeness (QED) is 0.160. The van der Waals surface area contributed by atoms with Gasteiger partial charge in [-0.05, 0) is 147 Å². The summed E-state index contributed by atoms with van der Waals surface area (Å²) in [4.78, 5) is 8.33. The summed E-state index contributed by atoms with van der Waals surface area (Å²) in [6, 6.07) is 60.0. The monoisotopic (exact) mass is 937 g/mol. The topological polar surface area (TPSA) is 9.72 Å². The molecule has 4 aliphatic heterocycles. The molecule has 0 N–H and O–H groups in total. The molecule has 5 heterocycles. The molecule has 0 radical (unpaired) electrons. The Bertz CT molecular complexity index is 3850. The molecule has 348 valence electrons. The first-order valence-corrected chi connectivity index (χ1v) is 27.1. The second-order valence-electron chi connectivity index (χ2n) is 24.5. The summed E-state index contributed by atoms with van der Waals surface area (Å²) < 4.78 is 2.65. The van der Waals surface area contributed by atoms with Gasteiger partial charge < -0.3 is 14.7 Å². The van der Waals surface area contributed by atoms with Crippen molar-refractivity contribution < 1.29 is 0 Å². The summed E-state index contributed by atoms with van der Waals surface area (Å²) in [6.45, 7) is 22.1. The largest absolute Gasteiger partial charge is 0.334 e. The molecule has 3 atom stereocenters. The van der Waals surface area contributed by atoms with Gasteiger partial charge in [0, 0.05) is 65.1 Å². The Morgan fingerprint density at radius 3 is 2.00 bits per heavy atom. The Labute approximate surface area is 423 Å². The number of para-hydroxylation sites is 1. The van der Waals surface area contributed by atoms with Gasteiger partial charge in [0.1, 0.15) is 0 Å². The SMILES string of the molecule is CC(C)(C)c1ccc2c(c1)N(c1cccc3sc4ccccc4c13)c1cc(N3c4ccccc4C4(C)CCCCC34C)cc3c1B2c1ccc(C(C)(C)C)c2c1N3c1cccc3c1C2(C)c1ccccc1-3. The van der Waals surface area contributed by atoms with Crippen molar-refractivity contribution in [2.75, 3.05) is 14.7 Å². The van der Waals surface area contributed by atoms with Gasteiger partial charge >= 0.3 is 0 Å². The fourth-order valence-corrected chi connectivity index (χ4v) is 16.5. The van der Waals surface area contributed by atoms with E-state index in [0.29, 0.717) is 0 Å². The number of benzene rings is 8. The summed E-state index contributed by atoms with van der Waals surface area (Å²) >= 11 is 1.91. The lowest BCUT2D eigenvalue weighted by molar-refractivity contribution is 0.195. The van der Waals surface area contributed by atoms with Crippen molar-refractivity contribution in [2.24, 2.45) is 0 Å². The van der Waals surface area contributed by atoms with Crippen LogP contribution in [0.25, 0.3) is 31.3 Å². The maximum Gasteiger partial charge on any atom is 0.252 e. The Hall–Kier alpha value is -6.56. The predicted molar refractivity (Wildman–Crippen MR) is 305 cm³/mol. The van der Waals surface area contributed by atoms with Gasteiger partial charge in [0.05, 0.1) is 16.9 Å². The predicted octanol–water partition coefficient (Wildman–Crippen LogP) is 16.1. The average molecular weight is 938 g/mol. The van der Waals surface area contributed by atoms with Crippen molar-refractivity contribution in [3.8, 4) is 11.1 Å². The minimum Gasteiger partial charge on any atom is -0.334 e. The molecule has 5 heteroatoms. The molecule has 3 unspecified atom stereocenters. The number of thiophene rings is 1. The van der Waals surface area contributed by atoms with Crippen LogP contribution >= 0.6 is 11.3 Å². The van der Waals surface area contributed by atoms with Gasteiger partial charge in [-0.3, -0.25) is 0 Å². The molecule has 6 aliphatic rings. The molecule has 2 aliphatic carbocycles. The first kappa shape index (κ1) is 42.2. The van der Waals surface area contributed by atoms with Crippen LogP contribution in [0.5, 0.6) is 0 Å². The molecule has 3 nitrogen and oxygen atoms in total. The number of hydrogen-bond donors (Lipinski definition) is 0. The van der Waals surface area contributed by atoms with Crippen LogP contribution in [0.2, 0.25) is 0 Å². The van der Waals surface area contributed by atoms with Gasteiger partial charge in [0.2, 0.25) is 0 Å². The first-order chi connectivity index (χ1) is 34.1. The smallest absolute Gasteiger partial charge is 0.252 e. The van der Waals surface area contributed by atoms with E-state index >= 15 is 0 Å². The molecule has 71 heavy (non-hydrogen) atoms. The summed E-state index contributed by atoms with van der Waals surface area (Å²) in [6.07, 6.45) is 4.82. The standard InChI is InChI=1S/C66H60BN3S/c1-62(2,3)39-30-32-47-52(36-39)68(50-26-19-29-56-57(50)43-21-11-15-28-55(43)71-56)53-37-40(70-49-25-14-13-24-45(49)64(7)34-16-17-35-65(64,70)8)38-54-60(53)67(47)48-33-31-46(63(4,5)6)59-61(48)69(54)51-27-18-22-42-41-20-10-12-23-44(41)66(59,9)58(42)51/h10-15,18-33,36-38H,16-17,34-35H2,1-9H3. The summed E-state index contributed by atoms with van der Waals surface area (Å²) in [5.41, 5.74) is 25.3. The first-order valence-electron chi connectivity index (χ1n) is 26.3. The second-order valence-corrected chi connectivity index (χ2v) is 25.6. The van der Waals surface area contributed by atoms with Gasteiger partial charge in [-0.15, -0.1) is 11.3 Å². The van der Waals surface area contributed by atoms with Crippen LogP contribution in [0.3, 0.4) is 0 Å². The summed E-state index contributed by atoms with van der Waals surface area (Å²) in [5, 5.41) is 2.65. The van der Waals surface area contributed by atoms with Crippen LogP contribution in [-0.4, -0.2) is 12.3 Å². The Balaban J connectivity index is 1.13. The highest BCUT2D eigenvalue weighted by atomic mass is 32.1. The van der Waals surface area contributed by atoms with E-state index in [9.17, 15) is 0 Å².